The Bertz CT molecular complexity index is 2730. The van der Waals surface area contributed by atoms with Gasteiger partial charge in [-0.1, -0.05) is 18.2 Å². The lowest BCUT2D eigenvalue weighted by atomic mass is 9.97. The minimum atomic E-state index is -4.53. The van der Waals surface area contributed by atoms with Crippen LogP contribution >= 0.6 is 0 Å². The molecule has 13 nitrogen and oxygen atoms in total. The maximum atomic E-state index is 14.2. The summed E-state index contributed by atoms with van der Waals surface area (Å²) in [5, 5.41) is 3.61. The van der Waals surface area contributed by atoms with E-state index < -0.39 is 48.0 Å². The monoisotopic (exact) mass is 794 g/mol. The fourth-order valence-electron chi connectivity index (χ4n) is 7.77. The molecule has 1 fully saturated rings. The predicted octanol–water partition coefficient (Wildman–Crippen LogP) is 4.90. The van der Waals surface area contributed by atoms with Gasteiger partial charge in [0.1, 0.15) is 23.6 Å². The molecule has 0 saturated carbocycles. The van der Waals surface area contributed by atoms with Gasteiger partial charge in [0.15, 0.2) is 0 Å². The largest absolute Gasteiger partial charge is 0.493 e. The molecule has 0 spiro atoms. The number of amides is 1. The number of nitrogens with zero attached hydrogens (tertiary/aromatic N) is 5. The van der Waals surface area contributed by atoms with Crippen LogP contribution in [-0.2, 0) is 29.4 Å². The first-order valence-corrected chi connectivity index (χ1v) is 18.5. The molecule has 1 saturated heterocycles. The van der Waals surface area contributed by atoms with Crippen molar-refractivity contribution >= 4 is 39.4 Å². The number of ether oxygens (including phenoxy) is 3. The average Bonchev–Trinajstić information content (AvgIpc) is 3.68. The Balaban J connectivity index is 1.16. The number of carbonyl (C=O) groups is 2. The smallest absolute Gasteiger partial charge is 0.411 e. The lowest BCUT2D eigenvalue weighted by molar-refractivity contribution is -0.167. The highest BCUT2D eigenvalue weighted by Crippen LogP contribution is 2.34. The molecular formula is C42H37F3N6O7. The summed E-state index contributed by atoms with van der Waals surface area (Å²) in [6, 6.07) is 13.1. The van der Waals surface area contributed by atoms with Crippen LogP contribution in [0.1, 0.15) is 32.6 Å². The second kappa shape index (κ2) is 15.1. The molecule has 298 valence electrons. The number of carbonyl (C=O) groups excluding carboxylic acids is 2. The van der Waals surface area contributed by atoms with E-state index in [-0.39, 0.29) is 42.0 Å². The number of alkyl halides is 3. The van der Waals surface area contributed by atoms with Crippen LogP contribution in [0.4, 0.5) is 18.9 Å². The van der Waals surface area contributed by atoms with Crippen LogP contribution in [0.2, 0.25) is 0 Å². The van der Waals surface area contributed by atoms with E-state index >= 15 is 0 Å². The number of rotatable bonds is 8. The summed E-state index contributed by atoms with van der Waals surface area (Å²) in [7, 11) is 1.54. The molecule has 2 aliphatic heterocycles. The summed E-state index contributed by atoms with van der Waals surface area (Å²) in [4.78, 5) is 65.5. The maximum absolute atomic E-state index is 14.2. The summed E-state index contributed by atoms with van der Waals surface area (Å²) in [6.45, 7) is 3.37. The summed E-state index contributed by atoms with van der Waals surface area (Å²) >= 11 is 0. The molecule has 0 unspecified atom stereocenters. The molecule has 0 bridgehead atoms. The van der Waals surface area contributed by atoms with Crippen molar-refractivity contribution in [3.8, 4) is 17.2 Å². The van der Waals surface area contributed by atoms with Gasteiger partial charge in [0.25, 0.3) is 11.5 Å². The molecule has 3 aromatic heterocycles. The summed E-state index contributed by atoms with van der Waals surface area (Å²) < 4.78 is 60.8. The van der Waals surface area contributed by atoms with Crippen LogP contribution in [0.3, 0.4) is 0 Å². The number of aromatic nitrogens is 4. The van der Waals surface area contributed by atoms with Gasteiger partial charge in [0.05, 0.1) is 48.1 Å². The first-order chi connectivity index (χ1) is 27.8. The third-order valence-corrected chi connectivity index (χ3v) is 10.6. The molecule has 6 aromatic rings. The van der Waals surface area contributed by atoms with Crippen molar-refractivity contribution in [3.63, 3.8) is 0 Å². The number of halogens is 3. The van der Waals surface area contributed by atoms with Gasteiger partial charge in [-0.15, -0.1) is 0 Å². The van der Waals surface area contributed by atoms with Crippen molar-refractivity contribution in [1.82, 2.24) is 24.4 Å². The first-order valence-electron chi connectivity index (χ1n) is 18.5. The van der Waals surface area contributed by atoms with Gasteiger partial charge < -0.3 is 24.4 Å². The van der Waals surface area contributed by atoms with Crippen LogP contribution < -0.4 is 30.9 Å². The molecule has 8 rings (SSSR count). The SMILES string of the molecule is Cc1cc(N2CCOC[C@@H]2C(F)(F)F)cc(C)c1C(=O)N[C@@H](Cc1ccc(-n2c(=O)c3ccncc3n(C)c2=O)c2ncccc12)C(=O)Oc1ccc2c(c1)OCC2. The molecule has 58 heavy (non-hydrogen) atoms. The molecule has 5 heterocycles. The van der Waals surface area contributed by atoms with Crippen LogP contribution in [0, 0.1) is 13.8 Å². The Morgan fingerprint density at radius 2 is 1.79 bits per heavy atom. The topological polar surface area (TPSA) is 147 Å². The molecule has 0 aliphatic carbocycles. The van der Waals surface area contributed by atoms with Crippen molar-refractivity contribution in [3.05, 3.63) is 128 Å². The van der Waals surface area contributed by atoms with Crippen LogP contribution in [0.5, 0.6) is 11.5 Å². The standard InChI is InChI=1S/C42H37F3N6O7/c1-23-17-27(50-14-16-56-22-35(50)42(43,44)45)18-24(2)36(23)38(52)48-31(40(54)58-28-8-6-25-11-15-57-34(25)20-28)19-26-7-9-32(37-29(26)5-4-12-47-37)51-39(53)30-10-13-46-21-33(30)49(3)41(51)55/h4-10,12-13,17-18,20-21,31,35H,11,14-16,19,22H2,1-3H3,(H,48,52)/t31-,35+/m0/s1. The first kappa shape index (κ1) is 38.3. The second-order valence-corrected chi connectivity index (χ2v) is 14.3. The molecule has 0 radical (unpaired) electrons. The van der Waals surface area contributed by atoms with Crippen LogP contribution in [0.25, 0.3) is 27.5 Å². The number of anilines is 1. The maximum Gasteiger partial charge on any atom is 0.411 e. The van der Waals surface area contributed by atoms with E-state index in [4.69, 9.17) is 14.2 Å². The number of morpholine rings is 1. The number of fused-ring (bicyclic) bond motifs is 3. The van der Waals surface area contributed by atoms with Gasteiger partial charge in [-0.05, 0) is 72.5 Å². The van der Waals surface area contributed by atoms with Gasteiger partial charge >= 0.3 is 17.8 Å². The van der Waals surface area contributed by atoms with Crippen molar-refractivity contribution in [2.45, 2.75) is 44.9 Å². The van der Waals surface area contributed by atoms with E-state index in [1.165, 1.54) is 53.3 Å². The number of nitrogens with one attached hydrogen (secondary N) is 1. The third-order valence-electron chi connectivity index (χ3n) is 10.6. The normalized spacial score (nSPS) is 15.9. The van der Waals surface area contributed by atoms with Crippen molar-refractivity contribution in [1.29, 1.82) is 0 Å². The van der Waals surface area contributed by atoms with Crippen LogP contribution in [-0.4, -0.2) is 75.6 Å². The lowest BCUT2D eigenvalue weighted by Gasteiger charge is -2.38. The molecule has 16 heteroatoms. The van der Waals surface area contributed by atoms with Gasteiger partial charge in [-0.2, -0.15) is 13.2 Å². The number of pyridine rings is 2. The van der Waals surface area contributed by atoms with Gasteiger partial charge in [0.2, 0.25) is 0 Å². The fourth-order valence-corrected chi connectivity index (χ4v) is 7.77. The highest BCUT2D eigenvalue weighted by molar-refractivity contribution is 6.00. The fraction of sp³-hybridized carbons (Fsp3) is 0.286. The van der Waals surface area contributed by atoms with E-state index in [0.717, 1.165) is 10.1 Å². The molecular weight excluding hydrogens is 757 g/mol. The van der Waals surface area contributed by atoms with Gasteiger partial charge in [-0.3, -0.25) is 24.1 Å². The van der Waals surface area contributed by atoms with Crippen molar-refractivity contribution in [2.24, 2.45) is 7.05 Å². The molecule has 1 N–H and O–H groups in total. The number of benzene rings is 3. The van der Waals surface area contributed by atoms with E-state index in [2.05, 4.69) is 15.3 Å². The van der Waals surface area contributed by atoms with Gasteiger partial charge in [-0.25, -0.2) is 14.2 Å². The average molecular weight is 795 g/mol. The zero-order valence-electron chi connectivity index (χ0n) is 31.6. The summed E-state index contributed by atoms with van der Waals surface area (Å²) in [5.41, 5.74) is 2.48. The zero-order chi connectivity index (χ0) is 40.9. The Kier molecular flexibility index (Phi) is 9.97. The highest BCUT2D eigenvalue weighted by atomic mass is 19.4. The molecule has 3 aromatic carbocycles. The van der Waals surface area contributed by atoms with Crippen LogP contribution in [0.15, 0.2) is 88.8 Å². The Morgan fingerprint density at radius 3 is 2.57 bits per heavy atom. The lowest BCUT2D eigenvalue weighted by Crippen LogP contribution is -2.53. The van der Waals surface area contributed by atoms with E-state index in [1.54, 1.807) is 56.3 Å². The third kappa shape index (κ3) is 7.04. The van der Waals surface area contributed by atoms with E-state index in [1.807, 2.05) is 0 Å². The minimum absolute atomic E-state index is 0.0133. The van der Waals surface area contributed by atoms with E-state index in [0.29, 0.717) is 57.6 Å². The number of aryl methyl sites for hydroxylation is 3. The minimum Gasteiger partial charge on any atom is -0.493 e. The van der Waals surface area contributed by atoms with Gasteiger partial charge in [0, 0.05) is 61.5 Å². The Hall–Kier alpha value is -6.55. The number of esters is 1. The molecule has 1 amide bonds. The van der Waals surface area contributed by atoms with Crippen molar-refractivity contribution in [2.75, 3.05) is 31.3 Å². The Labute approximate surface area is 328 Å². The quantitative estimate of drug-likeness (QED) is 0.167. The molecule has 2 atom stereocenters. The zero-order valence-corrected chi connectivity index (χ0v) is 31.6. The second-order valence-electron chi connectivity index (χ2n) is 14.3. The number of hydrogen-bond donors (Lipinski definition) is 1. The highest BCUT2D eigenvalue weighted by Gasteiger charge is 2.45. The number of hydrogen-bond acceptors (Lipinski definition) is 10. The van der Waals surface area contributed by atoms with E-state index in [9.17, 15) is 32.3 Å². The predicted molar refractivity (Wildman–Crippen MR) is 208 cm³/mol. The molecule has 2 aliphatic rings. The summed E-state index contributed by atoms with van der Waals surface area (Å²) in [5.74, 6) is -0.650. The van der Waals surface area contributed by atoms with Crippen molar-refractivity contribution < 1.29 is 37.0 Å². The summed E-state index contributed by atoms with van der Waals surface area (Å²) in [6.07, 6.45) is 0.493. The Morgan fingerprint density at radius 1 is 1.00 bits per heavy atom.